The molecule has 0 saturated carbocycles. The molecule has 2 aromatic carbocycles. The highest BCUT2D eigenvalue weighted by molar-refractivity contribution is 9.10. The van der Waals surface area contributed by atoms with Crippen LogP contribution in [0.15, 0.2) is 82.6 Å². The van der Waals surface area contributed by atoms with Gasteiger partial charge in [0.05, 0.1) is 5.71 Å². The van der Waals surface area contributed by atoms with E-state index in [2.05, 4.69) is 75.5 Å². The van der Waals surface area contributed by atoms with Crippen molar-refractivity contribution in [2.24, 2.45) is 5.16 Å². The fraction of sp³-hybridized carbons (Fsp3) is 0.182. The van der Waals surface area contributed by atoms with Gasteiger partial charge in [-0.05, 0) is 47.9 Å². The fourth-order valence-electron chi connectivity index (χ4n) is 3.18. The van der Waals surface area contributed by atoms with Gasteiger partial charge in [-0.25, -0.2) is 0 Å². The summed E-state index contributed by atoms with van der Waals surface area (Å²) >= 11 is 3.50. The summed E-state index contributed by atoms with van der Waals surface area (Å²) in [6.07, 6.45) is 2.94. The quantitative estimate of drug-likeness (QED) is 0.320. The number of rotatable bonds is 6. The van der Waals surface area contributed by atoms with E-state index in [1.165, 1.54) is 16.7 Å². The lowest BCUT2D eigenvalue weighted by atomic mass is 9.84. The minimum absolute atomic E-state index is 0.124. The van der Waals surface area contributed by atoms with Gasteiger partial charge in [-0.3, -0.25) is 4.98 Å². The van der Waals surface area contributed by atoms with Gasteiger partial charge in [0.25, 0.3) is 0 Å². The van der Waals surface area contributed by atoms with Crippen molar-refractivity contribution in [3.8, 4) is 0 Å². The van der Waals surface area contributed by atoms with E-state index in [4.69, 9.17) is 0 Å². The smallest absolute Gasteiger partial charge is 0.0639 e. The third kappa shape index (κ3) is 4.58. The van der Waals surface area contributed by atoms with Crippen LogP contribution in [0.3, 0.4) is 0 Å². The van der Waals surface area contributed by atoms with Crippen molar-refractivity contribution in [2.45, 2.75) is 25.7 Å². The zero-order chi connectivity index (χ0) is 18.4. The lowest BCUT2D eigenvalue weighted by molar-refractivity contribution is 0.316. The molecule has 0 saturated heterocycles. The number of oxime groups is 1. The molecular formula is C22H21BrN2O. The molecule has 0 fully saturated rings. The predicted octanol–water partition coefficient (Wildman–Crippen LogP) is 5.75. The lowest BCUT2D eigenvalue weighted by Crippen LogP contribution is -2.13. The molecule has 1 N–H and O–H groups in total. The second-order valence-electron chi connectivity index (χ2n) is 6.33. The van der Waals surface area contributed by atoms with Crippen molar-refractivity contribution < 1.29 is 5.21 Å². The average molecular weight is 409 g/mol. The number of halogens is 1. The van der Waals surface area contributed by atoms with Crippen LogP contribution in [-0.4, -0.2) is 15.9 Å². The highest BCUT2D eigenvalue weighted by Crippen LogP contribution is 2.32. The van der Waals surface area contributed by atoms with Crippen LogP contribution >= 0.6 is 15.9 Å². The minimum Gasteiger partial charge on any atom is -0.411 e. The molecule has 3 rings (SSSR count). The molecule has 0 unspecified atom stereocenters. The third-order valence-electron chi connectivity index (χ3n) is 4.53. The monoisotopic (exact) mass is 408 g/mol. The molecule has 3 nitrogen and oxygen atoms in total. The Morgan fingerprint density at radius 1 is 1.04 bits per heavy atom. The van der Waals surface area contributed by atoms with Crippen LogP contribution in [0.2, 0.25) is 0 Å². The summed E-state index contributed by atoms with van der Waals surface area (Å²) in [6.45, 7) is 2.12. The maximum atomic E-state index is 9.60. The normalized spacial score (nSPS) is 12.8. The summed E-state index contributed by atoms with van der Waals surface area (Å²) in [5, 5.41) is 13.2. The van der Waals surface area contributed by atoms with Gasteiger partial charge in [-0.15, -0.1) is 0 Å². The van der Waals surface area contributed by atoms with Gasteiger partial charge in [0.2, 0.25) is 0 Å². The van der Waals surface area contributed by atoms with E-state index in [1.54, 1.807) is 6.20 Å². The minimum atomic E-state index is 0.124. The molecule has 3 aromatic rings. The Balaban J connectivity index is 1.92. The van der Waals surface area contributed by atoms with Crippen LogP contribution in [-0.2, 0) is 6.42 Å². The Morgan fingerprint density at radius 3 is 2.42 bits per heavy atom. The summed E-state index contributed by atoms with van der Waals surface area (Å²) in [6, 6.07) is 22.5. The third-order valence-corrected chi connectivity index (χ3v) is 5.06. The topological polar surface area (TPSA) is 45.5 Å². The van der Waals surface area contributed by atoms with Crippen molar-refractivity contribution in [1.29, 1.82) is 0 Å². The van der Waals surface area contributed by atoms with E-state index in [9.17, 15) is 5.21 Å². The van der Waals surface area contributed by atoms with Crippen LogP contribution in [0.25, 0.3) is 0 Å². The zero-order valence-electron chi connectivity index (χ0n) is 14.6. The highest BCUT2D eigenvalue weighted by atomic mass is 79.9. The van der Waals surface area contributed by atoms with Gasteiger partial charge >= 0.3 is 0 Å². The highest BCUT2D eigenvalue weighted by Gasteiger charge is 2.19. The van der Waals surface area contributed by atoms with Crippen LogP contribution in [0.4, 0.5) is 0 Å². The summed E-state index contributed by atoms with van der Waals surface area (Å²) in [7, 11) is 0. The number of hydrogen-bond donors (Lipinski definition) is 1. The van der Waals surface area contributed by atoms with Crippen molar-refractivity contribution in [3.05, 3.63) is 99.8 Å². The van der Waals surface area contributed by atoms with Crippen LogP contribution in [0.1, 0.15) is 34.7 Å². The van der Waals surface area contributed by atoms with Gasteiger partial charge in [-0.1, -0.05) is 63.6 Å². The summed E-state index contributed by atoms with van der Waals surface area (Å²) in [5.41, 5.74) is 5.30. The number of nitrogens with zero attached hydrogens (tertiary/aromatic N) is 2. The Kier molecular flexibility index (Phi) is 6.18. The van der Waals surface area contributed by atoms with Crippen LogP contribution in [0, 0.1) is 6.92 Å². The Labute approximate surface area is 162 Å². The van der Waals surface area contributed by atoms with Gasteiger partial charge in [0.1, 0.15) is 0 Å². The number of aromatic nitrogens is 1. The number of pyridine rings is 1. The predicted molar refractivity (Wildman–Crippen MR) is 109 cm³/mol. The van der Waals surface area contributed by atoms with Crippen molar-refractivity contribution in [2.75, 3.05) is 0 Å². The second-order valence-corrected chi connectivity index (χ2v) is 7.24. The summed E-state index contributed by atoms with van der Waals surface area (Å²) in [5.74, 6) is 0.124. The Morgan fingerprint density at radius 2 is 1.77 bits per heavy atom. The zero-order valence-corrected chi connectivity index (χ0v) is 16.2. The standard InChI is InChI=1S/C22H21BrN2O/c1-16-6-2-3-8-21(16)22(17-9-11-18(23)12-10-17)15-20(25-26)14-19-7-4-5-13-24-19/h2-13,22,26H,14-15H2,1H3/b25-20-/t22-/m1/s1. The summed E-state index contributed by atoms with van der Waals surface area (Å²) in [4.78, 5) is 4.35. The SMILES string of the molecule is Cc1ccccc1[C@H](C/C(Cc1ccccn1)=N\O)c1ccc(Br)cc1. The van der Waals surface area contributed by atoms with E-state index >= 15 is 0 Å². The maximum absolute atomic E-state index is 9.60. The van der Waals surface area contributed by atoms with Crippen molar-refractivity contribution in [1.82, 2.24) is 4.98 Å². The Bertz CT molecular complexity index is 876. The van der Waals surface area contributed by atoms with Crippen molar-refractivity contribution >= 4 is 21.6 Å². The van der Waals surface area contributed by atoms with E-state index in [-0.39, 0.29) is 5.92 Å². The fourth-order valence-corrected chi connectivity index (χ4v) is 3.44. The molecule has 1 atom stereocenters. The molecule has 1 heterocycles. The lowest BCUT2D eigenvalue weighted by Gasteiger charge is -2.21. The maximum Gasteiger partial charge on any atom is 0.0639 e. The van der Waals surface area contributed by atoms with Gasteiger partial charge in [0.15, 0.2) is 0 Å². The van der Waals surface area contributed by atoms with Crippen molar-refractivity contribution in [3.63, 3.8) is 0 Å². The van der Waals surface area contributed by atoms with E-state index in [1.807, 2.05) is 24.3 Å². The Hall–Kier alpha value is -2.46. The van der Waals surface area contributed by atoms with E-state index in [0.717, 1.165) is 15.9 Å². The van der Waals surface area contributed by atoms with Crippen LogP contribution in [0.5, 0.6) is 0 Å². The molecule has 0 bridgehead atoms. The van der Waals surface area contributed by atoms with Gasteiger partial charge in [0, 0.05) is 35.1 Å². The number of hydrogen-bond acceptors (Lipinski definition) is 3. The molecular weight excluding hydrogens is 388 g/mol. The second kappa shape index (κ2) is 8.77. The first-order valence-corrected chi connectivity index (χ1v) is 9.37. The molecule has 0 aliphatic heterocycles. The molecule has 0 aliphatic rings. The molecule has 0 radical (unpaired) electrons. The molecule has 0 spiro atoms. The molecule has 132 valence electrons. The largest absolute Gasteiger partial charge is 0.411 e. The van der Waals surface area contributed by atoms with E-state index in [0.29, 0.717) is 12.8 Å². The van der Waals surface area contributed by atoms with Gasteiger partial charge < -0.3 is 5.21 Å². The number of benzene rings is 2. The van der Waals surface area contributed by atoms with E-state index < -0.39 is 0 Å². The first-order chi connectivity index (χ1) is 12.7. The van der Waals surface area contributed by atoms with Gasteiger partial charge in [-0.2, -0.15) is 0 Å². The molecule has 0 aliphatic carbocycles. The first kappa shape index (κ1) is 18.3. The average Bonchev–Trinajstić information content (AvgIpc) is 2.67. The number of aryl methyl sites for hydroxylation is 1. The van der Waals surface area contributed by atoms with Crippen LogP contribution < -0.4 is 0 Å². The molecule has 1 aromatic heterocycles. The first-order valence-electron chi connectivity index (χ1n) is 8.58. The molecule has 26 heavy (non-hydrogen) atoms. The summed E-state index contributed by atoms with van der Waals surface area (Å²) < 4.78 is 1.05. The molecule has 4 heteroatoms. The molecule has 0 amide bonds.